The van der Waals surface area contributed by atoms with Crippen LogP contribution in [-0.4, -0.2) is 13.0 Å². The second kappa shape index (κ2) is 8.32. The number of nitrogens with zero attached hydrogens (tertiary/aromatic N) is 1. The van der Waals surface area contributed by atoms with Crippen LogP contribution in [0.5, 0.6) is 5.75 Å². The van der Waals surface area contributed by atoms with Crippen LogP contribution in [0.3, 0.4) is 0 Å². The molecule has 0 saturated heterocycles. The number of hydrogen-bond acceptors (Lipinski definition) is 4. The van der Waals surface area contributed by atoms with Crippen LogP contribution in [0.1, 0.15) is 25.0 Å². The third-order valence-corrected chi connectivity index (χ3v) is 3.73. The molecule has 2 aromatic rings. The summed E-state index contributed by atoms with van der Waals surface area (Å²) < 4.78 is 10.8. The van der Waals surface area contributed by atoms with E-state index in [2.05, 4.69) is 5.32 Å². The van der Waals surface area contributed by atoms with Gasteiger partial charge in [0.1, 0.15) is 11.2 Å². The van der Waals surface area contributed by atoms with Crippen LogP contribution >= 0.6 is 0 Å². The Morgan fingerprint density at radius 2 is 1.80 bits per heavy atom. The standard InChI is InChI=1S/C20H22N2O3/c1-20(2,14-21)19(23)22-17-6-4-5-16(11-17)13-25-12-15-7-9-18(24-3)10-8-15/h4-11H,12-13H2,1-3H3,(H,22,23). The largest absolute Gasteiger partial charge is 0.497 e. The summed E-state index contributed by atoms with van der Waals surface area (Å²) in [4.78, 5) is 12.1. The van der Waals surface area contributed by atoms with E-state index in [4.69, 9.17) is 14.7 Å². The second-order valence-electron chi connectivity index (χ2n) is 6.23. The highest BCUT2D eigenvalue weighted by atomic mass is 16.5. The third kappa shape index (κ3) is 5.33. The van der Waals surface area contributed by atoms with E-state index < -0.39 is 5.41 Å². The lowest BCUT2D eigenvalue weighted by Crippen LogP contribution is -2.29. The molecular formula is C20H22N2O3. The van der Waals surface area contributed by atoms with Gasteiger partial charge in [0, 0.05) is 5.69 Å². The third-order valence-electron chi connectivity index (χ3n) is 3.73. The molecule has 0 bridgehead atoms. The van der Waals surface area contributed by atoms with Gasteiger partial charge >= 0.3 is 0 Å². The van der Waals surface area contributed by atoms with Crippen LogP contribution in [0.15, 0.2) is 48.5 Å². The quantitative estimate of drug-likeness (QED) is 0.831. The molecule has 0 aromatic heterocycles. The maximum absolute atomic E-state index is 12.1. The molecular weight excluding hydrogens is 316 g/mol. The van der Waals surface area contributed by atoms with Crippen molar-refractivity contribution in [2.45, 2.75) is 27.1 Å². The van der Waals surface area contributed by atoms with E-state index >= 15 is 0 Å². The summed E-state index contributed by atoms with van der Waals surface area (Å²) in [5.74, 6) is 0.485. The SMILES string of the molecule is COc1ccc(COCc2cccc(NC(=O)C(C)(C)C#N)c2)cc1. The van der Waals surface area contributed by atoms with Crippen LogP contribution in [0.4, 0.5) is 5.69 Å². The van der Waals surface area contributed by atoms with Crippen LogP contribution in [-0.2, 0) is 22.7 Å². The molecule has 0 unspecified atom stereocenters. The predicted molar refractivity (Wildman–Crippen MR) is 96.0 cm³/mol. The number of nitrogens with one attached hydrogen (secondary N) is 1. The number of nitriles is 1. The van der Waals surface area contributed by atoms with E-state index in [1.165, 1.54) is 0 Å². The normalized spacial score (nSPS) is 10.8. The average Bonchev–Trinajstić information content (AvgIpc) is 2.62. The Morgan fingerprint density at radius 3 is 2.44 bits per heavy atom. The molecule has 0 aliphatic carbocycles. The summed E-state index contributed by atoms with van der Waals surface area (Å²) in [6.45, 7) is 4.09. The Balaban J connectivity index is 1.90. The first kappa shape index (κ1) is 18.5. The Labute approximate surface area is 148 Å². The molecule has 0 aliphatic heterocycles. The summed E-state index contributed by atoms with van der Waals surface area (Å²) in [5, 5.41) is 11.8. The zero-order valence-corrected chi connectivity index (χ0v) is 14.7. The van der Waals surface area contributed by atoms with Gasteiger partial charge in [0.2, 0.25) is 5.91 Å². The second-order valence-corrected chi connectivity index (χ2v) is 6.23. The van der Waals surface area contributed by atoms with Gasteiger partial charge in [-0.05, 0) is 49.2 Å². The van der Waals surface area contributed by atoms with Crippen molar-refractivity contribution >= 4 is 11.6 Å². The molecule has 25 heavy (non-hydrogen) atoms. The van der Waals surface area contributed by atoms with E-state index in [0.717, 1.165) is 16.9 Å². The van der Waals surface area contributed by atoms with E-state index in [1.54, 1.807) is 27.0 Å². The van der Waals surface area contributed by atoms with Crippen molar-refractivity contribution in [1.29, 1.82) is 5.26 Å². The number of carbonyl (C=O) groups excluding carboxylic acids is 1. The molecule has 0 fully saturated rings. The summed E-state index contributed by atoms with van der Waals surface area (Å²) >= 11 is 0. The minimum atomic E-state index is -1.07. The van der Waals surface area contributed by atoms with Crippen molar-refractivity contribution in [3.63, 3.8) is 0 Å². The van der Waals surface area contributed by atoms with Crippen LogP contribution in [0.2, 0.25) is 0 Å². The summed E-state index contributed by atoms with van der Waals surface area (Å²) in [6.07, 6.45) is 0. The number of amides is 1. The number of anilines is 1. The Kier molecular flexibility index (Phi) is 6.15. The molecule has 0 spiro atoms. The smallest absolute Gasteiger partial charge is 0.244 e. The molecule has 0 atom stereocenters. The van der Waals surface area contributed by atoms with Crippen LogP contribution in [0.25, 0.3) is 0 Å². The number of rotatable bonds is 7. The fraction of sp³-hybridized carbons (Fsp3) is 0.300. The molecule has 0 heterocycles. The lowest BCUT2D eigenvalue weighted by molar-refractivity contribution is -0.121. The summed E-state index contributed by atoms with van der Waals surface area (Å²) in [7, 11) is 1.63. The van der Waals surface area contributed by atoms with E-state index in [0.29, 0.717) is 18.9 Å². The molecule has 5 nitrogen and oxygen atoms in total. The lowest BCUT2D eigenvalue weighted by atomic mass is 9.94. The minimum absolute atomic E-state index is 0.327. The highest BCUT2D eigenvalue weighted by molar-refractivity contribution is 5.96. The van der Waals surface area contributed by atoms with Gasteiger partial charge in [-0.1, -0.05) is 24.3 Å². The minimum Gasteiger partial charge on any atom is -0.497 e. The van der Waals surface area contributed by atoms with Gasteiger partial charge in [0.25, 0.3) is 0 Å². The zero-order valence-electron chi connectivity index (χ0n) is 14.7. The van der Waals surface area contributed by atoms with Crippen molar-refractivity contribution in [2.24, 2.45) is 5.41 Å². The summed E-state index contributed by atoms with van der Waals surface area (Å²) in [6, 6.07) is 17.1. The van der Waals surface area contributed by atoms with Gasteiger partial charge in [-0.15, -0.1) is 0 Å². The predicted octanol–water partition coefficient (Wildman–Crippen LogP) is 3.90. The number of methoxy groups -OCH3 is 1. The number of carbonyl (C=O) groups is 1. The van der Waals surface area contributed by atoms with Crippen molar-refractivity contribution < 1.29 is 14.3 Å². The van der Waals surface area contributed by atoms with E-state index in [1.807, 2.05) is 48.5 Å². The number of ether oxygens (including phenoxy) is 2. The van der Waals surface area contributed by atoms with Crippen LogP contribution in [0, 0.1) is 16.7 Å². The molecule has 1 amide bonds. The highest BCUT2D eigenvalue weighted by Crippen LogP contribution is 2.19. The number of hydrogen-bond donors (Lipinski definition) is 1. The molecule has 5 heteroatoms. The molecule has 0 aliphatic rings. The van der Waals surface area contributed by atoms with Crippen molar-refractivity contribution in [3.05, 3.63) is 59.7 Å². The van der Waals surface area contributed by atoms with Gasteiger partial charge in [-0.2, -0.15) is 5.26 Å². The van der Waals surface area contributed by atoms with Gasteiger partial charge in [-0.3, -0.25) is 4.79 Å². The van der Waals surface area contributed by atoms with Gasteiger partial charge in [-0.25, -0.2) is 0 Å². The fourth-order valence-electron chi connectivity index (χ4n) is 2.09. The molecule has 2 aromatic carbocycles. The Bertz CT molecular complexity index is 761. The lowest BCUT2D eigenvalue weighted by Gasteiger charge is -2.15. The van der Waals surface area contributed by atoms with E-state index in [-0.39, 0.29) is 5.91 Å². The molecule has 0 radical (unpaired) electrons. The fourth-order valence-corrected chi connectivity index (χ4v) is 2.09. The van der Waals surface area contributed by atoms with Gasteiger partial charge < -0.3 is 14.8 Å². The average molecular weight is 338 g/mol. The highest BCUT2D eigenvalue weighted by Gasteiger charge is 2.27. The monoisotopic (exact) mass is 338 g/mol. The zero-order chi connectivity index (χ0) is 18.3. The molecule has 130 valence electrons. The van der Waals surface area contributed by atoms with Gasteiger partial charge in [0.05, 0.1) is 26.4 Å². The van der Waals surface area contributed by atoms with Crippen molar-refractivity contribution in [2.75, 3.05) is 12.4 Å². The Hall–Kier alpha value is -2.84. The first-order chi connectivity index (χ1) is 11.9. The first-order valence-electron chi connectivity index (χ1n) is 7.97. The molecule has 2 rings (SSSR count). The van der Waals surface area contributed by atoms with Crippen molar-refractivity contribution in [3.8, 4) is 11.8 Å². The summed E-state index contributed by atoms with van der Waals surface area (Å²) in [5.41, 5.74) is 1.59. The van der Waals surface area contributed by atoms with E-state index in [9.17, 15) is 4.79 Å². The van der Waals surface area contributed by atoms with Crippen molar-refractivity contribution in [1.82, 2.24) is 0 Å². The molecule has 1 N–H and O–H groups in total. The number of benzene rings is 2. The van der Waals surface area contributed by atoms with Gasteiger partial charge in [0.15, 0.2) is 0 Å². The molecule has 0 saturated carbocycles. The van der Waals surface area contributed by atoms with Crippen LogP contribution < -0.4 is 10.1 Å². The first-order valence-corrected chi connectivity index (χ1v) is 7.97. The topological polar surface area (TPSA) is 71.3 Å². The Morgan fingerprint density at radius 1 is 1.12 bits per heavy atom. The maximum Gasteiger partial charge on any atom is 0.244 e. The maximum atomic E-state index is 12.1.